The molecule has 5 heteroatoms. The molecule has 0 aliphatic carbocycles. The third kappa shape index (κ3) is 3.82. The summed E-state index contributed by atoms with van der Waals surface area (Å²) in [6.45, 7) is 6.23. The Morgan fingerprint density at radius 1 is 1.38 bits per heavy atom. The van der Waals surface area contributed by atoms with Gasteiger partial charge >= 0.3 is 0 Å². The lowest BCUT2D eigenvalue weighted by Crippen LogP contribution is -2.31. The highest BCUT2D eigenvalue weighted by atomic mass is 32.1. The van der Waals surface area contributed by atoms with Crippen molar-refractivity contribution in [1.29, 1.82) is 0 Å². The first-order valence-corrected chi connectivity index (χ1v) is 7.57. The van der Waals surface area contributed by atoms with Crippen LogP contribution in [0.15, 0.2) is 30.5 Å². The van der Waals surface area contributed by atoms with Crippen molar-refractivity contribution in [3.05, 3.63) is 47.3 Å². The molecule has 1 heterocycles. The molecule has 0 spiro atoms. The van der Waals surface area contributed by atoms with Gasteiger partial charge in [-0.2, -0.15) is 5.10 Å². The second-order valence-corrected chi connectivity index (χ2v) is 5.58. The van der Waals surface area contributed by atoms with Crippen LogP contribution in [0.4, 0.5) is 5.69 Å². The topological polar surface area (TPSA) is 41.9 Å². The molecule has 2 aromatic rings. The van der Waals surface area contributed by atoms with Crippen LogP contribution in [-0.4, -0.2) is 14.9 Å². The summed E-state index contributed by atoms with van der Waals surface area (Å²) in [4.78, 5) is 0. The largest absolute Gasteiger partial charge is 0.356 e. The molecule has 1 aromatic heterocycles. The molecule has 2 N–H and O–H groups in total. The molecular formula is C16H22N4S. The number of rotatable bonds is 4. The van der Waals surface area contributed by atoms with Gasteiger partial charge in [-0.1, -0.05) is 25.1 Å². The molecule has 1 aromatic carbocycles. The average molecular weight is 302 g/mol. The summed E-state index contributed by atoms with van der Waals surface area (Å²) in [7, 11) is 1.93. The first-order chi connectivity index (χ1) is 10.0. The lowest BCUT2D eigenvalue weighted by atomic mass is 10.1. The van der Waals surface area contributed by atoms with Gasteiger partial charge in [0.2, 0.25) is 0 Å². The minimum atomic E-state index is 0.118. The van der Waals surface area contributed by atoms with Gasteiger partial charge in [0.15, 0.2) is 5.11 Å². The Balaban J connectivity index is 2.03. The van der Waals surface area contributed by atoms with E-state index < -0.39 is 0 Å². The number of hydrogen-bond acceptors (Lipinski definition) is 2. The highest BCUT2D eigenvalue weighted by Gasteiger charge is 2.13. The number of nitrogens with one attached hydrogen (secondary N) is 2. The lowest BCUT2D eigenvalue weighted by Gasteiger charge is -2.18. The van der Waals surface area contributed by atoms with E-state index in [9.17, 15) is 0 Å². The van der Waals surface area contributed by atoms with Gasteiger partial charge in [0.1, 0.15) is 0 Å². The van der Waals surface area contributed by atoms with E-state index in [1.165, 1.54) is 5.56 Å². The van der Waals surface area contributed by atoms with Crippen molar-refractivity contribution >= 4 is 23.0 Å². The lowest BCUT2D eigenvalue weighted by molar-refractivity contribution is 0.715. The summed E-state index contributed by atoms with van der Waals surface area (Å²) in [5.41, 5.74) is 4.50. The fraction of sp³-hybridized carbons (Fsp3) is 0.375. The van der Waals surface area contributed by atoms with Crippen LogP contribution in [-0.2, 0) is 13.5 Å². The number of para-hydroxylation sites is 1. The SMILES string of the molecule is CCc1ccccc1NC(=S)NC(C)c1cn(C)nc1C. The van der Waals surface area contributed by atoms with Crippen molar-refractivity contribution in [2.45, 2.75) is 33.2 Å². The van der Waals surface area contributed by atoms with Crippen LogP contribution >= 0.6 is 12.2 Å². The molecule has 0 bridgehead atoms. The summed E-state index contributed by atoms with van der Waals surface area (Å²) in [6, 6.07) is 8.33. The zero-order valence-electron chi connectivity index (χ0n) is 13.0. The molecule has 2 rings (SSSR count). The van der Waals surface area contributed by atoms with Gasteiger partial charge in [-0.15, -0.1) is 0 Å². The molecule has 0 amide bonds. The molecule has 112 valence electrons. The van der Waals surface area contributed by atoms with Crippen molar-refractivity contribution < 1.29 is 0 Å². The molecular weight excluding hydrogens is 280 g/mol. The first kappa shape index (κ1) is 15.5. The van der Waals surface area contributed by atoms with E-state index in [-0.39, 0.29) is 6.04 Å². The van der Waals surface area contributed by atoms with Crippen LogP contribution in [0.5, 0.6) is 0 Å². The molecule has 21 heavy (non-hydrogen) atoms. The second kappa shape index (κ2) is 6.72. The fourth-order valence-electron chi connectivity index (χ4n) is 2.43. The molecule has 0 saturated carbocycles. The van der Waals surface area contributed by atoms with Crippen LogP contribution in [0.25, 0.3) is 0 Å². The van der Waals surface area contributed by atoms with E-state index in [0.29, 0.717) is 5.11 Å². The van der Waals surface area contributed by atoms with E-state index in [1.807, 2.05) is 43.0 Å². The van der Waals surface area contributed by atoms with Crippen molar-refractivity contribution in [1.82, 2.24) is 15.1 Å². The van der Waals surface area contributed by atoms with Gasteiger partial charge in [-0.25, -0.2) is 0 Å². The molecule has 0 radical (unpaired) electrons. The zero-order chi connectivity index (χ0) is 15.4. The molecule has 0 aliphatic rings. The Hall–Kier alpha value is -1.88. The number of benzene rings is 1. The van der Waals surface area contributed by atoms with Crippen LogP contribution < -0.4 is 10.6 Å². The summed E-state index contributed by atoms with van der Waals surface area (Å²) in [5, 5.41) is 11.6. The molecule has 4 nitrogen and oxygen atoms in total. The summed E-state index contributed by atoms with van der Waals surface area (Å²) in [6.07, 6.45) is 3.00. The Bertz CT molecular complexity index is 633. The number of thiocarbonyl (C=S) groups is 1. The third-order valence-electron chi connectivity index (χ3n) is 3.51. The van der Waals surface area contributed by atoms with E-state index in [0.717, 1.165) is 23.4 Å². The van der Waals surface area contributed by atoms with Crippen molar-refractivity contribution in [3.8, 4) is 0 Å². The Kier molecular flexibility index (Phi) is 4.96. The molecule has 1 unspecified atom stereocenters. The van der Waals surface area contributed by atoms with Crippen LogP contribution in [0, 0.1) is 6.92 Å². The van der Waals surface area contributed by atoms with Gasteiger partial charge in [0, 0.05) is 24.5 Å². The number of anilines is 1. The van der Waals surface area contributed by atoms with Gasteiger partial charge < -0.3 is 10.6 Å². The second-order valence-electron chi connectivity index (χ2n) is 5.17. The summed E-state index contributed by atoms with van der Waals surface area (Å²) < 4.78 is 1.83. The Morgan fingerprint density at radius 2 is 2.10 bits per heavy atom. The summed E-state index contributed by atoms with van der Waals surface area (Å²) >= 11 is 5.42. The number of hydrogen-bond donors (Lipinski definition) is 2. The highest BCUT2D eigenvalue weighted by Crippen LogP contribution is 2.18. The fourth-order valence-corrected chi connectivity index (χ4v) is 2.71. The van der Waals surface area contributed by atoms with E-state index in [1.54, 1.807) is 0 Å². The van der Waals surface area contributed by atoms with Crippen LogP contribution in [0.3, 0.4) is 0 Å². The minimum Gasteiger partial charge on any atom is -0.356 e. The van der Waals surface area contributed by atoms with E-state index in [4.69, 9.17) is 12.2 Å². The Morgan fingerprint density at radius 3 is 2.71 bits per heavy atom. The maximum atomic E-state index is 5.42. The van der Waals surface area contributed by atoms with Crippen molar-refractivity contribution in [2.24, 2.45) is 7.05 Å². The predicted molar refractivity (Wildman–Crippen MR) is 91.5 cm³/mol. The quantitative estimate of drug-likeness (QED) is 0.850. The number of nitrogens with zero attached hydrogens (tertiary/aromatic N) is 2. The van der Waals surface area contributed by atoms with Crippen LogP contribution in [0.1, 0.15) is 36.7 Å². The average Bonchev–Trinajstić information content (AvgIpc) is 2.78. The minimum absolute atomic E-state index is 0.118. The maximum absolute atomic E-state index is 5.42. The van der Waals surface area contributed by atoms with Gasteiger partial charge in [-0.3, -0.25) is 4.68 Å². The number of aryl methyl sites for hydroxylation is 3. The predicted octanol–water partition coefficient (Wildman–Crippen LogP) is 3.34. The first-order valence-electron chi connectivity index (χ1n) is 7.16. The summed E-state index contributed by atoms with van der Waals surface area (Å²) in [5.74, 6) is 0. The standard InChI is InChI=1S/C16H22N4S/c1-5-13-8-6-7-9-15(13)18-16(21)17-11(2)14-10-20(4)19-12(14)3/h6-11H,5H2,1-4H3,(H2,17,18,21). The highest BCUT2D eigenvalue weighted by molar-refractivity contribution is 7.80. The van der Waals surface area contributed by atoms with E-state index >= 15 is 0 Å². The normalized spacial score (nSPS) is 12.0. The van der Waals surface area contributed by atoms with Gasteiger partial charge in [0.25, 0.3) is 0 Å². The van der Waals surface area contributed by atoms with Gasteiger partial charge in [0.05, 0.1) is 11.7 Å². The zero-order valence-corrected chi connectivity index (χ0v) is 13.8. The molecule has 0 saturated heterocycles. The maximum Gasteiger partial charge on any atom is 0.171 e. The van der Waals surface area contributed by atoms with Crippen LogP contribution in [0.2, 0.25) is 0 Å². The monoisotopic (exact) mass is 302 g/mol. The molecule has 0 aliphatic heterocycles. The van der Waals surface area contributed by atoms with Crippen molar-refractivity contribution in [3.63, 3.8) is 0 Å². The van der Waals surface area contributed by atoms with Crippen molar-refractivity contribution in [2.75, 3.05) is 5.32 Å². The van der Waals surface area contributed by atoms with Gasteiger partial charge in [-0.05, 0) is 44.1 Å². The Labute approximate surface area is 131 Å². The smallest absolute Gasteiger partial charge is 0.171 e. The number of aromatic nitrogens is 2. The third-order valence-corrected chi connectivity index (χ3v) is 3.73. The molecule has 0 fully saturated rings. The molecule has 1 atom stereocenters. The van der Waals surface area contributed by atoms with E-state index in [2.05, 4.69) is 35.6 Å².